The van der Waals surface area contributed by atoms with Crippen LogP contribution in [0.25, 0.3) is 21.7 Å². The normalized spacial score (nSPS) is 12.2. The van der Waals surface area contributed by atoms with Crippen LogP contribution in [-0.2, 0) is 17.8 Å². The molecule has 1 amide bonds. The fourth-order valence-corrected chi connectivity index (χ4v) is 4.28. The summed E-state index contributed by atoms with van der Waals surface area (Å²) in [4.78, 5) is 22.5. The van der Waals surface area contributed by atoms with E-state index in [4.69, 9.17) is 4.52 Å². The first-order valence-electron chi connectivity index (χ1n) is 10.5. The number of aryl methyl sites for hydroxylation is 1. The van der Waals surface area contributed by atoms with Gasteiger partial charge in [-0.05, 0) is 41.3 Å². The number of imidazole rings is 1. The van der Waals surface area contributed by atoms with E-state index < -0.39 is 0 Å². The molecule has 0 aliphatic rings. The van der Waals surface area contributed by atoms with E-state index in [1.54, 1.807) is 18.5 Å². The topological polar surface area (TPSA) is 85.8 Å². The van der Waals surface area contributed by atoms with Crippen molar-refractivity contribution in [1.29, 1.82) is 0 Å². The number of fused-ring (bicyclic) bond motifs is 1. The van der Waals surface area contributed by atoms with Gasteiger partial charge in [0.2, 0.25) is 17.6 Å². The monoisotopic (exact) mass is 461 g/mol. The molecule has 1 atom stereocenters. The Bertz CT molecular complexity index is 1360. The van der Waals surface area contributed by atoms with E-state index in [1.165, 1.54) is 23.5 Å². The molecule has 0 fully saturated rings. The molecule has 5 aromatic rings. The maximum atomic E-state index is 13.5. The molecule has 3 aromatic heterocycles. The quantitative estimate of drug-likeness (QED) is 0.360. The number of aromatic nitrogens is 4. The molecule has 3 heterocycles. The predicted octanol–water partition coefficient (Wildman–Crippen LogP) is 4.78. The van der Waals surface area contributed by atoms with Gasteiger partial charge < -0.3 is 14.4 Å². The lowest BCUT2D eigenvalue weighted by atomic mass is 10.1. The van der Waals surface area contributed by atoms with E-state index in [1.807, 2.05) is 46.3 Å². The van der Waals surface area contributed by atoms with Crippen molar-refractivity contribution in [3.63, 3.8) is 0 Å². The molecule has 0 spiro atoms. The minimum Gasteiger partial charge on any atom is -0.347 e. The number of nitrogens with zero attached hydrogens (tertiary/aromatic N) is 4. The van der Waals surface area contributed by atoms with E-state index in [2.05, 4.69) is 20.4 Å². The fourth-order valence-electron chi connectivity index (χ4n) is 3.63. The fraction of sp³-hybridized carbons (Fsp3) is 0.167. The maximum absolute atomic E-state index is 13.5. The van der Waals surface area contributed by atoms with E-state index in [0.717, 1.165) is 21.5 Å². The van der Waals surface area contributed by atoms with Crippen LogP contribution >= 0.6 is 11.3 Å². The zero-order valence-electron chi connectivity index (χ0n) is 17.5. The van der Waals surface area contributed by atoms with Gasteiger partial charge >= 0.3 is 0 Å². The smallest absolute Gasteiger partial charge is 0.227 e. The zero-order valence-corrected chi connectivity index (χ0v) is 18.3. The van der Waals surface area contributed by atoms with Crippen molar-refractivity contribution >= 4 is 28.3 Å². The summed E-state index contributed by atoms with van der Waals surface area (Å²) in [7, 11) is 0. The summed E-state index contributed by atoms with van der Waals surface area (Å²) in [6, 6.07) is 17.4. The average molecular weight is 462 g/mol. The van der Waals surface area contributed by atoms with Gasteiger partial charge in [0.15, 0.2) is 0 Å². The third kappa shape index (κ3) is 4.83. The molecule has 0 saturated heterocycles. The largest absolute Gasteiger partial charge is 0.347 e. The Hall–Kier alpha value is -3.85. The molecule has 2 aromatic carbocycles. The number of halogens is 1. The number of rotatable bonds is 8. The highest BCUT2D eigenvalue weighted by Crippen LogP contribution is 2.22. The molecule has 1 unspecified atom stereocenters. The summed E-state index contributed by atoms with van der Waals surface area (Å²) in [6.45, 7) is 0.459. The first kappa shape index (κ1) is 21.0. The Balaban J connectivity index is 1.29. The number of hydrogen-bond acceptors (Lipinski definition) is 6. The summed E-state index contributed by atoms with van der Waals surface area (Å²) in [5.74, 6) is 0.448. The van der Waals surface area contributed by atoms with Crippen LogP contribution < -0.4 is 5.32 Å². The van der Waals surface area contributed by atoms with Gasteiger partial charge in [-0.3, -0.25) is 4.79 Å². The number of nitrogens with one attached hydrogen (secondary N) is 1. The van der Waals surface area contributed by atoms with Gasteiger partial charge in [-0.1, -0.05) is 35.5 Å². The summed E-state index contributed by atoms with van der Waals surface area (Å²) in [5, 5.41) is 8.98. The Labute approximate surface area is 192 Å². The van der Waals surface area contributed by atoms with Crippen molar-refractivity contribution in [3.8, 4) is 10.7 Å². The van der Waals surface area contributed by atoms with Gasteiger partial charge in [0.25, 0.3) is 0 Å². The molecular formula is C24H20FN5O2S. The molecule has 0 saturated carbocycles. The Kier molecular flexibility index (Phi) is 5.95. The van der Waals surface area contributed by atoms with Gasteiger partial charge in [-0.2, -0.15) is 4.98 Å². The lowest BCUT2D eigenvalue weighted by Crippen LogP contribution is -2.31. The van der Waals surface area contributed by atoms with Crippen LogP contribution in [0.5, 0.6) is 0 Å². The zero-order chi connectivity index (χ0) is 22.6. The first-order chi connectivity index (χ1) is 16.2. The average Bonchev–Trinajstić information content (AvgIpc) is 3.59. The summed E-state index contributed by atoms with van der Waals surface area (Å²) in [6.07, 6.45) is 2.26. The summed E-state index contributed by atoms with van der Waals surface area (Å²) >= 11 is 1.52. The molecule has 0 bridgehead atoms. The van der Waals surface area contributed by atoms with Gasteiger partial charge in [0, 0.05) is 19.4 Å². The second kappa shape index (κ2) is 9.33. The van der Waals surface area contributed by atoms with Crippen LogP contribution in [-0.4, -0.2) is 25.6 Å². The van der Waals surface area contributed by atoms with Crippen LogP contribution in [0.3, 0.4) is 0 Å². The van der Waals surface area contributed by atoms with Gasteiger partial charge in [0.05, 0.1) is 28.3 Å². The molecule has 7 nitrogen and oxygen atoms in total. The lowest BCUT2D eigenvalue weighted by molar-refractivity contribution is -0.122. The molecule has 166 valence electrons. The van der Waals surface area contributed by atoms with Crippen molar-refractivity contribution in [2.75, 3.05) is 0 Å². The van der Waals surface area contributed by atoms with Crippen molar-refractivity contribution < 1.29 is 13.7 Å². The first-order valence-corrected chi connectivity index (χ1v) is 11.3. The minimum absolute atomic E-state index is 0.162. The molecule has 5 rings (SSSR count). The molecule has 0 aliphatic heterocycles. The Morgan fingerprint density at radius 3 is 2.79 bits per heavy atom. The van der Waals surface area contributed by atoms with E-state index in [9.17, 15) is 9.18 Å². The van der Waals surface area contributed by atoms with E-state index >= 15 is 0 Å². The minimum atomic E-state index is -0.361. The van der Waals surface area contributed by atoms with Crippen molar-refractivity contribution in [3.05, 3.63) is 89.6 Å². The number of amides is 1. The van der Waals surface area contributed by atoms with Crippen LogP contribution in [0.1, 0.15) is 23.9 Å². The van der Waals surface area contributed by atoms with E-state index in [0.29, 0.717) is 24.7 Å². The second-order valence-electron chi connectivity index (χ2n) is 7.55. The number of carbonyl (C=O) groups is 1. The molecule has 0 aliphatic carbocycles. The number of thiophene rings is 1. The van der Waals surface area contributed by atoms with Crippen molar-refractivity contribution in [2.24, 2.45) is 0 Å². The maximum Gasteiger partial charge on any atom is 0.227 e. The number of para-hydroxylation sites is 2. The second-order valence-corrected chi connectivity index (χ2v) is 8.49. The standard InChI is InChI=1S/C24H20FN5O2S/c25-17-9-7-16(8-10-17)19(14-30-15-26-18-4-1-2-5-20(18)30)27-22(31)11-12-23-28-24(29-32-23)21-6-3-13-33-21/h1-10,13,15,19H,11-12,14H2,(H,27,31). The predicted molar refractivity (Wildman–Crippen MR) is 123 cm³/mol. The third-order valence-corrected chi connectivity index (χ3v) is 6.16. The molecular weight excluding hydrogens is 441 g/mol. The molecule has 33 heavy (non-hydrogen) atoms. The van der Waals surface area contributed by atoms with Gasteiger partial charge in [-0.15, -0.1) is 11.3 Å². The van der Waals surface area contributed by atoms with E-state index in [-0.39, 0.29) is 24.2 Å². The highest BCUT2D eigenvalue weighted by Gasteiger charge is 2.18. The molecule has 9 heteroatoms. The van der Waals surface area contributed by atoms with Crippen molar-refractivity contribution in [2.45, 2.75) is 25.4 Å². The SMILES string of the molecule is O=C(CCc1nc(-c2cccs2)no1)NC(Cn1cnc2ccccc21)c1ccc(F)cc1. The highest BCUT2D eigenvalue weighted by molar-refractivity contribution is 7.13. The Morgan fingerprint density at radius 1 is 1.12 bits per heavy atom. The van der Waals surface area contributed by atoms with Crippen LogP contribution in [0, 0.1) is 5.82 Å². The molecule has 1 N–H and O–H groups in total. The van der Waals surface area contributed by atoms with Crippen molar-refractivity contribution in [1.82, 2.24) is 25.0 Å². The molecule has 0 radical (unpaired) electrons. The van der Waals surface area contributed by atoms with Gasteiger partial charge in [0.1, 0.15) is 5.82 Å². The Morgan fingerprint density at radius 2 is 1.97 bits per heavy atom. The summed E-state index contributed by atoms with van der Waals surface area (Å²) < 4.78 is 20.8. The van der Waals surface area contributed by atoms with Gasteiger partial charge in [-0.25, -0.2) is 9.37 Å². The third-order valence-electron chi connectivity index (χ3n) is 5.29. The number of benzene rings is 2. The van der Waals surface area contributed by atoms with Crippen LogP contribution in [0.2, 0.25) is 0 Å². The highest BCUT2D eigenvalue weighted by atomic mass is 32.1. The van der Waals surface area contributed by atoms with Crippen LogP contribution in [0.15, 0.2) is 76.9 Å². The lowest BCUT2D eigenvalue weighted by Gasteiger charge is -2.20. The number of hydrogen-bond donors (Lipinski definition) is 1. The summed E-state index contributed by atoms with van der Waals surface area (Å²) in [5.41, 5.74) is 2.64. The van der Waals surface area contributed by atoms with Crippen LogP contribution in [0.4, 0.5) is 4.39 Å². The number of carbonyl (C=O) groups excluding carboxylic acids is 1.